The zero-order chi connectivity index (χ0) is 10.0. The zero-order valence-corrected chi connectivity index (χ0v) is 7.35. The van der Waals surface area contributed by atoms with Crippen molar-refractivity contribution in [1.82, 2.24) is 4.98 Å². The Kier molecular flexibility index (Phi) is 3.00. The number of nitrogens with two attached hydrogens (primary N) is 2. The van der Waals surface area contributed by atoms with E-state index in [1.54, 1.807) is 0 Å². The summed E-state index contributed by atoms with van der Waals surface area (Å²) in [7, 11) is 0. The quantitative estimate of drug-likeness (QED) is 0.726. The fraction of sp³-hybridized carbons (Fsp3) is 0.286. The average Bonchev–Trinajstić information content (AvgIpc) is 2.01. The van der Waals surface area contributed by atoms with E-state index in [1.165, 1.54) is 6.07 Å². The van der Waals surface area contributed by atoms with Gasteiger partial charge in [0.1, 0.15) is 11.0 Å². The molecule has 13 heavy (non-hydrogen) atoms. The maximum absolute atomic E-state index is 12.4. The van der Waals surface area contributed by atoms with Gasteiger partial charge in [-0.3, -0.25) is 0 Å². The van der Waals surface area contributed by atoms with Crippen LogP contribution < -0.4 is 11.5 Å². The number of hydrogen-bond donors (Lipinski definition) is 2. The van der Waals surface area contributed by atoms with Gasteiger partial charge in [0.15, 0.2) is 0 Å². The summed E-state index contributed by atoms with van der Waals surface area (Å²) in [4.78, 5) is 3.51. The van der Waals surface area contributed by atoms with Gasteiger partial charge in [-0.05, 0) is 11.6 Å². The van der Waals surface area contributed by atoms with E-state index < -0.39 is 6.43 Å². The van der Waals surface area contributed by atoms with Crippen molar-refractivity contribution >= 4 is 17.4 Å². The van der Waals surface area contributed by atoms with Crippen LogP contribution in [0.4, 0.5) is 14.6 Å². The van der Waals surface area contributed by atoms with Crippen LogP contribution in [-0.4, -0.2) is 4.98 Å². The SMILES string of the molecule is NCc1cc(N)nc(Cl)c1C(F)F. The molecule has 4 N–H and O–H groups in total. The number of halogens is 3. The molecule has 0 saturated heterocycles. The van der Waals surface area contributed by atoms with Crippen molar-refractivity contribution in [2.75, 3.05) is 5.73 Å². The molecule has 1 heterocycles. The number of anilines is 1. The molecule has 0 bridgehead atoms. The molecule has 0 aliphatic heterocycles. The van der Waals surface area contributed by atoms with Gasteiger partial charge in [-0.2, -0.15) is 0 Å². The van der Waals surface area contributed by atoms with Crippen LogP contribution in [-0.2, 0) is 6.54 Å². The molecule has 0 aliphatic rings. The first-order valence-corrected chi connectivity index (χ1v) is 3.87. The van der Waals surface area contributed by atoms with Crippen LogP contribution in [0.2, 0.25) is 5.15 Å². The van der Waals surface area contributed by atoms with E-state index in [4.69, 9.17) is 23.1 Å². The molecule has 1 rings (SSSR count). The molecule has 3 nitrogen and oxygen atoms in total. The third-order valence-electron chi connectivity index (χ3n) is 1.56. The maximum Gasteiger partial charge on any atom is 0.267 e. The summed E-state index contributed by atoms with van der Waals surface area (Å²) < 4.78 is 24.8. The van der Waals surface area contributed by atoms with Gasteiger partial charge in [-0.1, -0.05) is 11.6 Å². The monoisotopic (exact) mass is 207 g/mol. The van der Waals surface area contributed by atoms with E-state index in [1.807, 2.05) is 0 Å². The van der Waals surface area contributed by atoms with Crippen molar-refractivity contribution in [2.24, 2.45) is 5.73 Å². The molecule has 0 aliphatic carbocycles. The highest BCUT2D eigenvalue weighted by Gasteiger charge is 2.18. The van der Waals surface area contributed by atoms with E-state index in [-0.39, 0.29) is 28.6 Å². The van der Waals surface area contributed by atoms with Gasteiger partial charge in [0.05, 0.1) is 5.56 Å². The van der Waals surface area contributed by atoms with Crippen LogP contribution in [0.1, 0.15) is 17.6 Å². The molecule has 6 heteroatoms. The second-order valence-corrected chi connectivity index (χ2v) is 2.77. The molecular weight excluding hydrogens is 200 g/mol. The topological polar surface area (TPSA) is 64.9 Å². The number of aromatic nitrogens is 1. The van der Waals surface area contributed by atoms with Gasteiger partial charge < -0.3 is 11.5 Å². The summed E-state index contributed by atoms with van der Waals surface area (Å²) in [5, 5.41) is -0.282. The summed E-state index contributed by atoms with van der Waals surface area (Å²) >= 11 is 5.48. The summed E-state index contributed by atoms with van der Waals surface area (Å²) in [6.07, 6.45) is -2.68. The summed E-state index contributed by atoms with van der Waals surface area (Å²) in [5.41, 5.74) is 10.5. The van der Waals surface area contributed by atoms with Gasteiger partial charge in [0.2, 0.25) is 0 Å². The van der Waals surface area contributed by atoms with Gasteiger partial charge in [-0.25, -0.2) is 13.8 Å². The van der Waals surface area contributed by atoms with E-state index in [0.29, 0.717) is 0 Å². The molecule has 0 unspecified atom stereocenters. The highest BCUT2D eigenvalue weighted by atomic mass is 35.5. The van der Waals surface area contributed by atoms with Crippen LogP contribution in [0.25, 0.3) is 0 Å². The lowest BCUT2D eigenvalue weighted by Gasteiger charge is -2.08. The molecular formula is C7H8ClF2N3. The standard InChI is InChI=1S/C7H8ClF2N3/c8-6-5(7(9)10)3(2-11)1-4(12)13-6/h1,7H,2,11H2,(H2,12,13). The third-order valence-corrected chi connectivity index (χ3v) is 1.84. The Hall–Kier alpha value is -0.940. The zero-order valence-electron chi connectivity index (χ0n) is 6.60. The number of nitrogens with zero attached hydrogens (tertiary/aromatic N) is 1. The predicted molar refractivity (Wildman–Crippen MR) is 46.5 cm³/mol. The molecule has 0 saturated carbocycles. The molecule has 1 aromatic rings. The van der Waals surface area contributed by atoms with Crippen molar-refractivity contribution < 1.29 is 8.78 Å². The Balaban J connectivity index is 3.30. The first kappa shape index (κ1) is 10.1. The average molecular weight is 208 g/mol. The van der Waals surface area contributed by atoms with Crippen molar-refractivity contribution in [3.05, 3.63) is 22.3 Å². The lowest BCUT2D eigenvalue weighted by Crippen LogP contribution is -2.06. The van der Waals surface area contributed by atoms with Crippen molar-refractivity contribution in [3.8, 4) is 0 Å². The highest BCUT2D eigenvalue weighted by Crippen LogP contribution is 2.29. The van der Waals surface area contributed by atoms with Gasteiger partial charge in [-0.15, -0.1) is 0 Å². The number of hydrogen-bond acceptors (Lipinski definition) is 3. The van der Waals surface area contributed by atoms with Crippen LogP contribution in [0.15, 0.2) is 6.07 Å². The summed E-state index contributed by atoms with van der Waals surface area (Å²) in [5.74, 6) is 0.0925. The van der Waals surface area contributed by atoms with Crippen molar-refractivity contribution in [3.63, 3.8) is 0 Å². The number of alkyl halides is 2. The van der Waals surface area contributed by atoms with E-state index in [2.05, 4.69) is 4.98 Å². The fourth-order valence-corrected chi connectivity index (χ4v) is 1.30. The number of nitrogen functional groups attached to an aromatic ring is 1. The summed E-state index contributed by atoms with van der Waals surface area (Å²) in [6.45, 7) is -0.0356. The largest absolute Gasteiger partial charge is 0.384 e. The Labute approximate surface area is 78.7 Å². The molecule has 72 valence electrons. The molecule has 0 spiro atoms. The molecule has 0 radical (unpaired) electrons. The minimum atomic E-state index is -2.68. The van der Waals surface area contributed by atoms with Crippen molar-refractivity contribution in [2.45, 2.75) is 13.0 Å². The lowest BCUT2D eigenvalue weighted by molar-refractivity contribution is 0.150. The van der Waals surface area contributed by atoms with E-state index >= 15 is 0 Å². The molecule has 0 fully saturated rings. The van der Waals surface area contributed by atoms with Crippen molar-refractivity contribution in [1.29, 1.82) is 0 Å². The molecule has 1 aromatic heterocycles. The van der Waals surface area contributed by atoms with Gasteiger partial charge >= 0.3 is 0 Å². The molecule has 0 amide bonds. The molecule has 0 atom stereocenters. The minimum absolute atomic E-state index is 0.0356. The Morgan fingerprint density at radius 2 is 2.15 bits per heavy atom. The predicted octanol–water partition coefficient (Wildman–Crippen LogP) is 1.71. The second kappa shape index (κ2) is 3.85. The minimum Gasteiger partial charge on any atom is -0.384 e. The van der Waals surface area contributed by atoms with Crippen LogP contribution in [0, 0.1) is 0 Å². The van der Waals surface area contributed by atoms with E-state index in [9.17, 15) is 8.78 Å². The van der Waals surface area contributed by atoms with Crippen LogP contribution in [0.5, 0.6) is 0 Å². The first-order valence-electron chi connectivity index (χ1n) is 3.49. The fourth-order valence-electron chi connectivity index (χ4n) is 0.994. The van der Waals surface area contributed by atoms with Gasteiger partial charge in [0.25, 0.3) is 6.43 Å². The Bertz CT molecular complexity index is 317. The van der Waals surface area contributed by atoms with Crippen LogP contribution in [0.3, 0.4) is 0 Å². The third kappa shape index (κ3) is 2.05. The van der Waals surface area contributed by atoms with Crippen LogP contribution >= 0.6 is 11.6 Å². The Morgan fingerprint density at radius 1 is 1.54 bits per heavy atom. The normalized spacial score (nSPS) is 10.8. The van der Waals surface area contributed by atoms with Gasteiger partial charge in [0, 0.05) is 6.54 Å². The Morgan fingerprint density at radius 3 is 2.62 bits per heavy atom. The summed E-state index contributed by atoms with van der Waals surface area (Å²) in [6, 6.07) is 1.30. The van der Waals surface area contributed by atoms with E-state index in [0.717, 1.165) is 0 Å². The lowest BCUT2D eigenvalue weighted by atomic mass is 10.1. The number of pyridine rings is 1. The highest BCUT2D eigenvalue weighted by molar-refractivity contribution is 6.30. The maximum atomic E-state index is 12.4. The smallest absolute Gasteiger partial charge is 0.267 e. The molecule has 0 aromatic carbocycles. The second-order valence-electron chi connectivity index (χ2n) is 2.42. The number of rotatable bonds is 2. The first-order chi connectivity index (χ1) is 6.06.